The number of benzene rings is 2. The Bertz CT molecular complexity index is 872. The van der Waals surface area contributed by atoms with Gasteiger partial charge in [-0.05, 0) is 43.7 Å². The molecule has 120 valence electrons. The van der Waals surface area contributed by atoms with Crippen molar-refractivity contribution in [2.45, 2.75) is 18.7 Å². The maximum Gasteiger partial charge on any atom is 0.342 e. The Kier molecular flexibility index (Phi) is 4.86. The zero-order valence-electron chi connectivity index (χ0n) is 12.5. The van der Waals surface area contributed by atoms with Crippen LogP contribution in [-0.2, 0) is 10.1 Å². The predicted molar refractivity (Wildman–Crippen MR) is 81.3 cm³/mol. The highest BCUT2D eigenvalue weighted by atomic mass is 32.2. The molecule has 0 unspecified atom stereocenters. The summed E-state index contributed by atoms with van der Waals surface area (Å²) in [6, 6.07) is 9.69. The van der Waals surface area contributed by atoms with E-state index in [1.807, 2.05) is 6.07 Å². The zero-order chi connectivity index (χ0) is 17.0. The van der Waals surface area contributed by atoms with Crippen LogP contribution in [0.15, 0.2) is 41.3 Å². The molecule has 0 aliphatic carbocycles. The zero-order valence-corrected chi connectivity index (χ0v) is 13.4. The van der Waals surface area contributed by atoms with E-state index in [9.17, 15) is 12.8 Å². The van der Waals surface area contributed by atoms with Crippen LogP contribution in [0.5, 0.6) is 11.5 Å². The van der Waals surface area contributed by atoms with Crippen molar-refractivity contribution in [1.82, 2.24) is 0 Å². The minimum atomic E-state index is -4.36. The number of nitriles is 1. The quantitative estimate of drug-likeness (QED) is 0.784. The largest absolute Gasteiger partial charge is 0.490 e. The summed E-state index contributed by atoms with van der Waals surface area (Å²) in [6.45, 7) is 3.61. The summed E-state index contributed by atoms with van der Waals surface area (Å²) in [7, 11) is -4.36. The lowest BCUT2D eigenvalue weighted by atomic mass is 10.2. The average Bonchev–Trinajstić information content (AvgIpc) is 2.48. The van der Waals surface area contributed by atoms with Crippen LogP contribution in [0, 0.1) is 24.1 Å². The second-order valence-corrected chi connectivity index (χ2v) is 6.19. The normalized spacial score (nSPS) is 10.9. The van der Waals surface area contributed by atoms with Gasteiger partial charge in [0.1, 0.15) is 10.7 Å². The summed E-state index contributed by atoms with van der Waals surface area (Å²) in [5.41, 5.74) is 0.884. The predicted octanol–water partition coefficient (Wildman–Crippen LogP) is 3.17. The molecule has 0 saturated carbocycles. The van der Waals surface area contributed by atoms with Crippen molar-refractivity contribution in [2.24, 2.45) is 0 Å². The van der Waals surface area contributed by atoms with Crippen LogP contribution in [-0.4, -0.2) is 15.0 Å². The summed E-state index contributed by atoms with van der Waals surface area (Å²) in [5, 5.41) is 8.88. The Balaban J connectivity index is 2.43. The maximum atomic E-state index is 13.9. The average molecular weight is 335 g/mol. The molecule has 0 aliphatic rings. The number of nitrogens with zero attached hydrogens (tertiary/aromatic N) is 1. The number of ether oxygens (including phenoxy) is 1. The number of halogens is 1. The molecule has 7 heteroatoms. The van der Waals surface area contributed by atoms with Crippen LogP contribution in [0.1, 0.15) is 18.1 Å². The molecule has 2 aromatic rings. The molecule has 0 aromatic heterocycles. The van der Waals surface area contributed by atoms with Gasteiger partial charge in [0.05, 0.1) is 18.2 Å². The first-order chi connectivity index (χ1) is 10.9. The van der Waals surface area contributed by atoms with E-state index >= 15 is 0 Å². The summed E-state index contributed by atoms with van der Waals surface area (Å²) in [4.78, 5) is -0.560. The lowest BCUT2D eigenvalue weighted by molar-refractivity contribution is 0.327. The van der Waals surface area contributed by atoms with Crippen molar-refractivity contribution in [3.8, 4) is 17.6 Å². The van der Waals surface area contributed by atoms with Gasteiger partial charge < -0.3 is 8.92 Å². The second kappa shape index (κ2) is 6.67. The lowest BCUT2D eigenvalue weighted by Gasteiger charge is -2.12. The standard InChI is InChI=1S/C16H14FNO4S/c1-3-21-15-9-12(10-18)5-6-14(15)22-23(19,20)16-7-4-11(2)8-13(16)17/h4-9H,3H2,1-2H3. The molecular formula is C16H14FNO4S. The lowest BCUT2D eigenvalue weighted by Crippen LogP contribution is -2.12. The first-order valence-corrected chi connectivity index (χ1v) is 8.16. The van der Waals surface area contributed by atoms with Gasteiger partial charge in [0.2, 0.25) is 0 Å². The van der Waals surface area contributed by atoms with E-state index in [0.29, 0.717) is 11.1 Å². The van der Waals surface area contributed by atoms with E-state index in [4.69, 9.17) is 14.2 Å². The highest BCUT2D eigenvalue weighted by molar-refractivity contribution is 7.87. The number of hydrogen-bond donors (Lipinski definition) is 0. The SMILES string of the molecule is CCOc1cc(C#N)ccc1OS(=O)(=O)c1ccc(C)cc1F. The van der Waals surface area contributed by atoms with E-state index in [-0.39, 0.29) is 18.1 Å². The molecule has 0 amide bonds. The van der Waals surface area contributed by atoms with Crippen LogP contribution < -0.4 is 8.92 Å². The summed E-state index contributed by atoms with van der Waals surface area (Å²) < 4.78 is 48.7. The van der Waals surface area contributed by atoms with Gasteiger partial charge in [-0.3, -0.25) is 0 Å². The third kappa shape index (κ3) is 3.79. The maximum absolute atomic E-state index is 13.9. The van der Waals surface area contributed by atoms with E-state index in [2.05, 4.69) is 0 Å². The van der Waals surface area contributed by atoms with E-state index in [0.717, 1.165) is 12.1 Å². The molecule has 5 nitrogen and oxygen atoms in total. The van der Waals surface area contributed by atoms with E-state index in [1.54, 1.807) is 13.8 Å². The van der Waals surface area contributed by atoms with Crippen LogP contribution in [0.4, 0.5) is 4.39 Å². The summed E-state index contributed by atoms with van der Waals surface area (Å²) >= 11 is 0. The molecule has 0 atom stereocenters. The Labute approximate surface area is 134 Å². The monoisotopic (exact) mass is 335 g/mol. The fraction of sp³-hybridized carbons (Fsp3) is 0.188. The fourth-order valence-corrected chi connectivity index (χ4v) is 2.88. The number of hydrogen-bond acceptors (Lipinski definition) is 5. The molecule has 0 fully saturated rings. The smallest absolute Gasteiger partial charge is 0.342 e. The molecule has 2 rings (SSSR count). The Hall–Kier alpha value is -2.59. The molecule has 2 aromatic carbocycles. The second-order valence-electron chi connectivity index (χ2n) is 4.68. The van der Waals surface area contributed by atoms with E-state index < -0.39 is 20.8 Å². The molecule has 0 heterocycles. The molecule has 0 bridgehead atoms. The van der Waals surface area contributed by atoms with Crippen molar-refractivity contribution in [2.75, 3.05) is 6.61 Å². The molecule has 0 saturated heterocycles. The summed E-state index contributed by atoms with van der Waals surface area (Å²) in [5.74, 6) is -0.898. The van der Waals surface area contributed by atoms with Gasteiger partial charge in [-0.25, -0.2) is 4.39 Å². The third-order valence-corrected chi connectivity index (χ3v) is 4.20. The van der Waals surface area contributed by atoms with Gasteiger partial charge >= 0.3 is 10.1 Å². The first kappa shape index (κ1) is 16.8. The minimum Gasteiger partial charge on any atom is -0.490 e. The Morgan fingerprint density at radius 3 is 2.52 bits per heavy atom. The summed E-state index contributed by atoms with van der Waals surface area (Å²) in [6.07, 6.45) is 0. The Morgan fingerprint density at radius 2 is 1.91 bits per heavy atom. The first-order valence-electron chi connectivity index (χ1n) is 6.75. The minimum absolute atomic E-state index is 0.0997. The molecule has 0 radical (unpaired) electrons. The third-order valence-electron chi connectivity index (χ3n) is 2.93. The molecule has 0 N–H and O–H groups in total. The van der Waals surface area contributed by atoms with Gasteiger partial charge in [-0.2, -0.15) is 13.7 Å². The molecule has 23 heavy (non-hydrogen) atoms. The van der Waals surface area contributed by atoms with E-state index in [1.165, 1.54) is 24.3 Å². The van der Waals surface area contributed by atoms with Gasteiger partial charge in [-0.15, -0.1) is 0 Å². The van der Waals surface area contributed by atoms with Gasteiger partial charge in [-0.1, -0.05) is 6.07 Å². The highest BCUT2D eigenvalue weighted by Gasteiger charge is 2.23. The highest BCUT2D eigenvalue weighted by Crippen LogP contribution is 2.31. The van der Waals surface area contributed by atoms with Crippen LogP contribution in [0.2, 0.25) is 0 Å². The molecule has 0 aliphatic heterocycles. The molecular weight excluding hydrogens is 321 g/mol. The van der Waals surface area contributed by atoms with Crippen molar-refractivity contribution in [3.63, 3.8) is 0 Å². The van der Waals surface area contributed by atoms with Crippen LogP contribution in [0.25, 0.3) is 0 Å². The number of rotatable bonds is 5. The van der Waals surface area contributed by atoms with Crippen LogP contribution in [0.3, 0.4) is 0 Å². The Morgan fingerprint density at radius 1 is 1.17 bits per heavy atom. The van der Waals surface area contributed by atoms with Crippen molar-refractivity contribution >= 4 is 10.1 Å². The van der Waals surface area contributed by atoms with Gasteiger partial charge in [0, 0.05) is 6.07 Å². The molecule has 0 spiro atoms. The van der Waals surface area contributed by atoms with Crippen molar-refractivity contribution < 1.29 is 21.7 Å². The van der Waals surface area contributed by atoms with Crippen molar-refractivity contribution in [1.29, 1.82) is 5.26 Å². The fourth-order valence-electron chi connectivity index (χ4n) is 1.89. The van der Waals surface area contributed by atoms with Gasteiger partial charge in [0.25, 0.3) is 0 Å². The number of aryl methyl sites for hydroxylation is 1. The topological polar surface area (TPSA) is 76.4 Å². The van der Waals surface area contributed by atoms with Crippen molar-refractivity contribution in [3.05, 3.63) is 53.3 Å². The van der Waals surface area contributed by atoms with Crippen LogP contribution >= 0.6 is 0 Å². The van der Waals surface area contributed by atoms with Gasteiger partial charge in [0.15, 0.2) is 11.5 Å².